The van der Waals surface area contributed by atoms with E-state index in [0.29, 0.717) is 24.8 Å². The number of rotatable bonds is 3. The Hall–Kier alpha value is -1.23. The molecule has 1 aliphatic rings. The highest BCUT2D eigenvalue weighted by Gasteiger charge is 2.21. The van der Waals surface area contributed by atoms with Crippen LogP contribution in [0.3, 0.4) is 0 Å². The fourth-order valence-electron chi connectivity index (χ4n) is 2.13. The fourth-order valence-corrected chi connectivity index (χ4v) is 2.13. The van der Waals surface area contributed by atoms with Gasteiger partial charge in [0, 0.05) is 12.8 Å². The molecule has 0 bridgehead atoms. The van der Waals surface area contributed by atoms with E-state index in [1.54, 1.807) is 6.07 Å². The highest BCUT2D eigenvalue weighted by atomic mass is 16.4. The highest BCUT2D eigenvalue weighted by molar-refractivity contribution is 5.83. The van der Waals surface area contributed by atoms with Crippen LogP contribution < -0.4 is 0 Å². The third-order valence-corrected chi connectivity index (χ3v) is 3.18. The molecule has 92 valence electrons. The summed E-state index contributed by atoms with van der Waals surface area (Å²) in [6.45, 7) is -0.475. The van der Waals surface area contributed by atoms with Crippen molar-refractivity contribution in [2.24, 2.45) is 0 Å². The van der Waals surface area contributed by atoms with Crippen LogP contribution in [0.4, 0.5) is 0 Å². The number of fused-ring (bicyclic) bond motifs is 1. The molecule has 0 radical (unpaired) electrons. The molecule has 1 aromatic rings. The average molecular weight is 236 g/mol. The van der Waals surface area contributed by atoms with Crippen LogP contribution in [0.25, 0.3) is 0 Å². The first-order chi connectivity index (χ1) is 8.11. The molecule has 3 N–H and O–H groups in total. The number of hydrogen-bond acceptors (Lipinski definition) is 4. The lowest BCUT2D eigenvalue weighted by Gasteiger charge is -2.20. The monoisotopic (exact) mass is 236 g/mol. The Morgan fingerprint density at radius 1 is 1.18 bits per heavy atom. The number of carbonyl (C=O) groups is 1. The third kappa shape index (κ3) is 2.54. The lowest BCUT2D eigenvalue weighted by atomic mass is 9.88. The summed E-state index contributed by atoms with van der Waals surface area (Å²) < 4.78 is 0. The number of benzene rings is 1. The molecule has 4 heteroatoms. The zero-order valence-corrected chi connectivity index (χ0v) is 9.47. The first-order valence-corrected chi connectivity index (χ1v) is 5.72. The molecule has 2 rings (SSSR count). The smallest absolute Gasteiger partial charge is 0.137 e. The second kappa shape index (κ2) is 4.96. The van der Waals surface area contributed by atoms with Gasteiger partial charge in [-0.3, -0.25) is 4.79 Å². The predicted molar refractivity (Wildman–Crippen MR) is 61.5 cm³/mol. The molecule has 0 amide bonds. The van der Waals surface area contributed by atoms with Crippen molar-refractivity contribution in [1.82, 2.24) is 0 Å². The molecule has 0 aromatic heterocycles. The van der Waals surface area contributed by atoms with Crippen molar-refractivity contribution in [2.75, 3.05) is 6.61 Å². The van der Waals surface area contributed by atoms with E-state index in [1.165, 1.54) is 0 Å². The van der Waals surface area contributed by atoms with Gasteiger partial charge in [-0.25, -0.2) is 0 Å². The second-order valence-electron chi connectivity index (χ2n) is 4.44. The molecule has 0 aliphatic heterocycles. The molecular formula is C13H16O4. The molecule has 0 fully saturated rings. The van der Waals surface area contributed by atoms with E-state index in [2.05, 4.69) is 0 Å². The summed E-state index contributed by atoms with van der Waals surface area (Å²) in [5.74, 6) is 0.237. The van der Waals surface area contributed by atoms with Crippen LogP contribution in [0.15, 0.2) is 18.2 Å². The lowest BCUT2D eigenvalue weighted by Crippen LogP contribution is -2.22. The van der Waals surface area contributed by atoms with Crippen LogP contribution in [-0.4, -0.2) is 33.8 Å². The Morgan fingerprint density at radius 2 is 1.94 bits per heavy atom. The van der Waals surface area contributed by atoms with Crippen molar-refractivity contribution in [3.05, 3.63) is 34.9 Å². The minimum Gasteiger partial charge on any atom is -0.394 e. The number of hydrogen-bond donors (Lipinski definition) is 3. The number of Topliss-reactive ketones (excluding diaryl/α,β-unsaturated/α-hetero) is 1. The summed E-state index contributed by atoms with van der Waals surface area (Å²) in [6.07, 6.45) is -0.575. The molecule has 17 heavy (non-hydrogen) atoms. The lowest BCUT2D eigenvalue weighted by molar-refractivity contribution is -0.118. The molecule has 0 spiro atoms. The van der Waals surface area contributed by atoms with Gasteiger partial charge < -0.3 is 15.3 Å². The molecule has 2 atom stereocenters. The molecule has 0 saturated heterocycles. The van der Waals surface area contributed by atoms with Gasteiger partial charge in [0.2, 0.25) is 0 Å². The quantitative estimate of drug-likeness (QED) is 0.697. The van der Waals surface area contributed by atoms with Gasteiger partial charge in [0.05, 0.1) is 6.61 Å². The predicted octanol–water partition coefficient (Wildman–Crippen LogP) is 0.131. The fraction of sp³-hybridized carbons (Fsp3) is 0.462. The SMILES string of the molecule is O=C1CCc2cc(C(O)C(O)CO)ccc2C1. The summed E-state index contributed by atoms with van der Waals surface area (Å²) in [5, 5.41) is 27.9. The summed E-state index contributed by atoms with van der Waals surface area (Å²) >= 11 is 0. The van der Waals surface area contributed by atoms with Crippen molar-refractivity contribution < 1.29 is 20.1 Å². The molecule has 0 saturated carbocycles. The van der Waals surface area contributed by atoms with Crippen molar-refractivity contribution >= 4 is 5.78 Å². The summed E-state index contributed by atoms with van der Waals surface area (Å²) in [6, 6.07) is 5.32. The Labute approximate surface area is 99.5 Å². The van der Waals surface area contributed by atoms with Crippen molar-refractivity contribution in [1.29, 1.82) is 0 Å². The largest absolute Gasteiger partial charge is 0.394 e. The molecule has 4 nitrogen and oxygen atoms in total. The third-order valence-electron chi connectivity index (χ3n) is 3.18. The Kier molecular flexibility index (Phi) is 3.57. The molecule has 1 aliphatic carbocycles. The maximum absolute atomic E-state index is 11.3. The van der Waals surface area contributed by atoms with Gasteiger partial charge in [-0.1, -0.05) is 18.2 Å². The van der Waals surface area contributed by atoms with Gasteiger partial charge in [0.15, 0.2) is 0 Å². The minimum absolute atomic E-state index is 0.237. The van der Waals surface area contributed by atoms with Crippen LogP contribution in [-0.2, 0) is 17.6 Å². The van der Waals surface area contributed by atoms with Crippen LogP contribution in [0.5, 0.6) is 0 Å². The normalized spacial score (nSPS) is 18.6. The van der Waals surface area contributed by atoms with Crippen LogP contribution >= 0.6 is 0 Å². The zero-order valence-electron chi connectivity index (χ0n) is 9.47. The molecule has 0 heterocycles. The van der Waals surface area contributed by atoms with E-state index in [-0.39, 0.29) is 5.78 Å². The van der Waals surface area contributed by atoms with Crippen molar-refractivity contribution in [3.63, 3.8) is 0 Å². The molecular weight excluding hydrogens is 220 g/mol. The van der Waals surface area contributed by atoms with Gasteiger partial charge in [-0.15, -0.1) is 0 Å². The van der Waals surface area contributed by atoms with Gasteiger partial charge in [0.1, 0.15) is 18.0 Å². The second-order valence-corrected chi connectivity index (χ2v) is 4.44. The Bertz CT molecular complexity index is 427. The van der Waals surface area contributed by atoms with Gasteiger partial charge >= 0.3 is 0 Å². The molecule has 2 unspecified atom stereocenters. The summed E-state index contributed by atoms with van der Waals surface area (Å²) in [7, 11) is 0. The number of carbonyl (C=O) groups excluding carboxylic acids is 1. The Balaban J connectivity index is 2.24. The number of aliphatic hydroxyl groups is 3. The van der Waals surface area contributed by atoms with Gasteiger partial charge in [-0.2, -0.15) is 0 Å². The van der Waals surface area contributed by atoms with E-state index in [4.69, 9.17) is 5.11 Å². The average Bonchev–Trinajstić information content (AvgIpc) is 2.36. The maximum Gasteiger partial charge on any atom is 0.137 e. The van der Waals surface area contributed by atoms with Gasteiger partial charge in [0.25, 0.3) is 0 Å². The van der Waals surface area contributed by atoms with E-state index < -0.39 is 18.8 Å². The summed E-state index contributed by atoms with van der Waals surface area (Å²) in [5.41, 5.74) is 2.63. The summed E-state index contributed by atoms with van der Waals surface area (Å²) in [4.78, 5) is 11.3. The van der Waals surface area contributed by atoms with Crippen LogP contribution in [0.1, 0.15) is 29.2 Å². The number of aliphatic hydroxyl groups excluding tert-OH is 3. The van der Waals surface area contributed by atoms with E-state index in [1.807, 2.05) is 12.1 Å². The van der Waals surface area contributed by atoms with Crippen LogP contribution in [0, 0.1) is 0 Å². The van der Waals surface area contributed by atoms with E-state index in [9.17, 15) is 15.0 Å². The van der Waals surface area contributed by atoms with E-state index >= 15 is 0 Å². The highest BCUT2D eigenvalue weighted by Crippen LogP contribution is 2.24. The van der Waals surface area contributed by atoms with Crippen molar-refractivity contribution in [3.8, 4) is 0 Å². The first-order valence-electron chi connectivity index (χ1n) is 5.72. The topological polar surface area (TPSA) is 77.8 Å². The number of ketones is 1. The Morgan fingerprint density at radius 3 is 2.65 bits per heavy atom. The van der Waals surface area contributed by atoms with Crippen molar-refractivity contribution in [2.45, 2.75) is 31.5 Å². The number of aryl methyl sites for hydroxylation is 1. The zero-order chi connectivity index (χ0) is 12.4. The van der Waals surface area contributed by atoms with Crippen LogP contribution in [0.2, 0.25) is 0 Å². The molecule has 1 aromatic carbocycles. The maximum atomic E-state index is 11.3. The minimum atomic E-state index is -1.17. The van der Waals surface area contributed by atoms with E-state index in [0.717, 1.165) is 11.1 Å². The standard InChI is InChI=1S/C13H16O4/c14-7-12(16)13(17)10-2-1-9-6-11(15)4-3-8(9)5-10/h1-2,5,12-14,16-17H,3-4,6-7H2. The van der Waals surface area contributed by atoms with Gasteiger partial charge in [-0.05, 0) is 23.1 Å². The first kappa shape index (κ1) is 12.2.